The SMILES string of the molecule is C=CCCC(O)Cc1ccccc1C. The Bertz CT molecular complexity index is 291. The molecule has 1 aromatic carbocycles. The van der Waals surface area contributed by atoms with Gasteiger partial charge in [-0.25, -0.2) is 0 Å². The molecule has 0 spiro atoms. The Balaban J connectivity index is 2.51. The van der Waals surface area contributed by atoms with Crippen molar-refractivity contribution in [3.8, 4) is 0 Å². The summed E-state index contributed by atoms with van der Waals surface area (Å²) in [5.74, 6) is 0. The molecule has 14 heavy (non-hydrogen) atoms. The maximum Gasteiger partial charge on any atom is 0.0583 e. The van der Waals surface area contributed by atoms with E-state index in [0.29, 0.717) is 0 Å². The summed E-state index contributed by atoms with van der Waals surface area (Å²) < 4.78 is 0. The van der Waals surface area contributed by atoms with E-state index in [0.717, 1.165) is 19.3 Å². The topological polar surface area (TPSA) is 20.2 Å². The zero-order chi connectivity index (χ0) is 10.4. The highest BCUT2D eigenvalue weighted by Crippen LogP contribution is 2.12. The third-order valence-corrected chi connectivity index (χ3v) is 2.42. The minimum Gasteiger partial charge on any atom is -0.393 e. The fourth-order valence-electron chi connectivity index (χ4n) is 1.51. The second-order valence-electron chi connectivity index (χ2n) is 3.65. The van der Waals surface area contributed by atoms with Gasteiger partial charge in [0.1, 0.15) is 0 Å². The van der Waals surface area contributed by atoms with Crippen molar-refractivity contribution in [2.75, 3.05) is 0 Å². The Hall–Kier alpha value is -1.08. The Morgan fingerprint density at radius 3 is 2.79 bits per heavy atom. The fraction of sp³-hybridized carbons (Fsp3) is 0.385. The summed E-state index contributed by atoms with van der Waals surface area (Å²) in [6, 6.07) is 8.19. The van der Waals surface area contributed by atoms with Crippen LogP contribution in [0.15, 0.2) is 36.9 Å². The van der Waals surface area contributed by atoms with Crippen molar-refractivity contribution in [1.29, 1.82) is 0 Å². The van der Waals surface area contributed by atoms with Crippen molar-refractivity contribution in [2.45, 2.75) is 32.3 Å². The van der Waals surface area contributed by atoms with Crippen molar-refractivity contribution in [2.24, 2.45) is 0 Å². The molecule has 0 amide bonds. The Morgan fingerprint density at radius 1 is 1.43 bits per heavy atom. The van der Waals surface area contributed by atoms with E-state index < -0.39 is 0 Å². The van der Waals surface area contributed by atoms with Crippen LogP contribution in [0.2, 0.25) is 0 Å². The van der Waals surface area contributed by atoms with Gasteiger partial charge in [0.2, 0.25) is 0 Å². The molecule has 1 rings (SSSR count). The quantitative estimate of drug-likeness (QED) is 0.708. The number of aliphatic hydroxyl groups excluding tert-OH is 1. The van der Waals surface area contributed by atoms with E-state index in [2.05, 4.69) is 25.6 Å². The molecular formula is C13H18O. The largest absolute Gasteiger partial charge is 0.393 e. The van der Waals surface area contributed by atoms with Gasteiger partial charge in [-0.15, -0.1) is 6.58 Å². The van der Waals surface area contributed by atoms with Gasteiger partial charge in [-0.1, -0.05) is 30.3 Å². The average molecular weight is 190 g/mol. The Morgan fingerprint density at radius 2 is 2.14 bits per heavy atom. The Labute approximate surface area is 86.1 Å². The molecule has 1 atom stereocenters. The second-order valence-corrected chi connectivity index (χ2v) is 3.65. The molecule has 0 saturated heterocycles. The fourth-order valence-corrected chi connectivity index (χ4v) is 1.51. The molecule has 1 N–H and O–H groups in total. The predicted molar refractivity (Wildman–Crippen MR) is 60.3 cm³/mol. The molecule has 0 heterocycles. The predicted octanol–water partition coefficient (Wildman–Crippen LogP) is 2.86. The summed E-state index contributed by atoms with van der Waals surface area (Å²) in [6.45, 7) is 5.73. The van der Waals surface area contributed by atoms with Crippen LogP contribution >= 0.6 is 0 Å². The molecule has 0 fully saturated rings. The van der Waals surface area contributed by atoms with Crippen LogP contribution in [0.5, 0.6) is 0 Å². The number of hydrogen-bond donors (Lipinski definition) is 1. The smallest absolute Gasteiger partial charge is 0.0583 e. The first-order valence-corrected chi connectivity index (χ1v) is 5.07. The third-order valence-electron chi connectivity index (χ3n) is 2.42. The van der Waals surface area contributed by atoms with Gasteiger partial charge < -0.3 is 5.11 Å². The van der Waals surface area contributed by atoms with Crippen molar-refractivity contribution in [3.63, 3.8) is 0 Å². The lowest BCUT2D eigenvalue weighted by Gasteiger charge is -2.11. The highest BCUT2D eigenvalue weighted by atomic mass is 16.3. The molecule has 0 aliphatic heterocycles. The van der Waals surface area contributed by atoms with Gasteiger partial charge in [-0.3, -0.25) is 0 Å². The van der Waals surface area contributed by atoms with E-state index in [1.165, 1.54) is 11.1 Å². The van der Waals surface area contributed by atoms with Gasteiger partial charge in [-0.05, 0) is 37.3 Å². The molecule has 0 aliphatic rings. The van der Waals surface area contributed by atoms with Crippen LogP contribution in [0.3, 0.4) is 0 Å². The van der Waals surface area contributed by atoms with E-state index in [-0.39, 0.29) is 6.10 Å². The summed E-state index contributed by atoms with van der Waals surface area (Å²) in [5, 5.41) is 9.71. The van der Waals surface area contributed by atoms with Gasteiger partial charge in [0.25, 0.3) is 0 Å². The summed E-state index contributed by atoms with van der Waals surface area (Å²) in [5.41, 5.74) is 2.49. The zero-order valence-corrected chi connectivity index (χ0v) is 8.74. The summed E-state index contributed by atoms with van der Waals surface area (Å²) in [7, 11) is 0. The minimum absolute atomic E-state index is 0.242. The molecule has 76 valence electrons. The normalized spacial score (nSPS) is 12.4. The molecule has 0 bridgehead atoms. The van der Waals surface area contributed by atoms with E-state index in [1.807, 2.05) is 18.2 Å². The first kappa shape index (κ1) is 11.0. The number of benzene rings is 1. The van der Waals surface area contributed by atoms with Gasteiger partial charge in [0, 0.05) is 0 Å². The van der Waals surface area contributed by atoms with E-state index in [4.69, 9.17) is 0 Å². The summed E-state index contributed by atoms with van der Waals surface area (Å²) >= 11 is 0. The van der Waals surface area contributed by atoms with E-state index >= 15 is 0 Å². The van der Waals surface area contributed by atoms with Crippen LogP contribution in [0.25, 0.3) is 0 Å². The van der Waals surface area contributed by atoms with Crippen LogP contribution in [-0.4, -0.2) is 11.2 Å². The van der Waals surface area contributed by atoms with Crippen molar-refractivity contribution in [1.82, 2.24) is 0 Å². The number of aryl methyl sites for hydroxylation is 1. The highest BCUT2D eigenvalue weighted by Gasteiger charge is 2.05. The summed E-state index contributed by atoms with van der Waals surface area (Å²) in [4.78, 5) is 0. The molecule has 0 radical (unpaired) electrons. The monoisotopic (exact) mass is 190 g/mol. The zero-order valence-electron chi connectivity index (χ0n) is 8.74. The number of hydrogen-bond acceptors (Lipinski definition) is 1. The molecule has 0 aromatic heterocycles. The van der Waals surface area contributed by atoms with Crippen molar-refractivity contribution in [3.05, 3.63) is 48.0 Å². The third kappa shape index (κ3) is 3.35. The lowest BCUT2D eigenvalue weighted by atomic mass is 10.0. The molecular weight excluding hydrogens is 172 g/mol. The minimum atomic E-state index is -0.242. The number of rotatable bonds is 5. The first-order chi connectivity index (χ1) is 6.74. The summed E-state index contributed by atoms with van der Waals surface area (Å²) in [6.07, 6.45) is 4.04. The number of allylic oxidation sites excluding steroid dienone is 1. The van der Waals surface area contributed by atoms with Crippen LogP contribution in [0.1, 0.15) is 24.0 Å². The first-order valence-electron chi connectivity index (χ1n) is 5.07. The molecule has 1 unspecified atom stereocenters. The second kappa shape index (κ2) is 5.61. The lowest BCUT2D eigenvalue weighted by molar-refractivity contribution is 0.166. The highest BCUT2D eigenvalue weighted by molar-refractivity contribution is 5.26. The van der Waals surface area contributed by atoms with Gasteiger partial charge in [-0.2, -0.15) is 0 Å². The number of aliphatic hydroxyl groups is 1. The van der Waals surface area contributed by atoms with Crippen LogP contribution in [0.4, 0.5) is 0 Å². The van der Waals surface area contributed by atoms with Crippen molar-refractivity contribution < 1.29 is 5.11 Å². The maximum absolute atomic E-state index is 9.71. The molecule has 1 aromatic rings. The maximum atomic E-state index is 9.71. The van der Waals surface area contributed by atoms with Crippen LogP contribution < -0.4 is 0 Å². The average Bonchev–Trinajstić information content (AvgIpc) is 2.18. The van der Waals surface area contributed by atoms with Gasteiger partial charge >= 0.3 is 0 Å². The molecule has 0 saturated carbocycles. The van der Waals surface area contributed by atoms with Crippen LogP contribution in [0, 0.1) is 6.92 Å². The molecule has 1 nitrogen and oxygen atoms in total. The molecule has 0 aliphatic carbocycles. The Kier molecular flexibility index (Phi) is 4.41. The van der Waals surface area contributed by atoms with Gasteiger partial charge in [0.15, 0.2) is 0 Å². The van der Waals surface area contributed by atoms with Crippen molar-refractivity contribution >= 4 is 0 Å². The van der Waals surface area contributed by atoms with Crippen LogP contribution in [-0.2, 0) is 6.42 Å². The van der Waals surface area contributed by atoms with Gasteiger partial charge in [0.05, 0.1) is 6.10 Å². The molecule has 1 heteroatoms. The lowest BCUT2D eigenvalue weighted by Crippen LogP contribution is -2.10. The van der Waals surface area contributed by atoms with E-state index in [1.54, 1.807) is 0 Å². The van der Waals surface area contributed by atoms with E-state index in [9.17, 15) is 5.11 Å². The standard InChI is InChI=1S/C13H18O/c1-3-4-9-13(14)10-12-8-6-5-7-11(12)2/h3,5-8,13-14H,1,4,9-10H2,2H3.